The van der Waals surface area contributed by atoms with Crippen LogP contribution in [0.3, 0.4) is 0 Å². The fourth-order valence-corrected chi connectivity index (χ4v) is 3.69. The average molecular weight is 183 g/mol. The van der Waals surface area contributed by atoms with Gasteiger partial charge in [0.1, 0.15) is 0 Å². The quantitative estimate of drug-likeness (QED) is 0.644. The molecule has 3 unspecified atom stereocenters. The van der Waals surface area contributed by atoms with Crippen LogP contribution in [0.2, 0.25) is 0 Å². The number of hydrogen-bond acceptors (Lipinski definition) is 2. The summed E-state index contributed by atoms with van der Waals surface area (Å²) in [7, 11) is 1.97. The molecule has 0 amide bonds. The normalized spacial score (nSPS) is 52.8. The predicted octanol–water partition coefficient (Wildman–Crippen LogP) is 1.39. The van der Waals surface area contributed by atoms with E-state index in [1.807, 2.05) is 7.05 Å². The molecule has 0 saturated heterocycles. The molecule has 0 radical (unpaired) electrons. The van der Waals surface area contributed by atoms with Crippen LogP contribution in [0.25, 0.3) is 0 Å². The van der Waals surface area contributed by atoms with Gasteiger partial charge in [-0.05, 0) is 31.2 Å². The van der Waals surface area contributed by atoms with Gasteiger partial charge >= 0.3 is 0 Å². The van der Waals surface area contributed by atoms with Gasteiger partial charge in [-0.3, -0.25) is 0 Å². The zero-order valence-corrected chi connectivity index (χ0v) is 9.09. The molecule has 0 aromatic rings. The minimum Gasteiger partial charge on any atom is -0.391 e. The number of nitrogens with one attached hydrogen (secondary N) is 1. The molecule has 2 rings (SSSR count). The maximum absolute atomic E-state index is 10.2. The van der Waals surface area contributed by atoms with Crippen LogP contribution in [0.4, 0.5) is 0 Å². The van der Waals surface area contributed by atoms with Crippen molar-refractivity contribution < 1.29 is 5.11 Å². The molecule has 13 heavy (non-hydrogen) atoms. The van der Waals surface area contributed by atoms with Crippen LogP contribution in [0, 0.1) is 16.7 Å². The molecular weight excluding hydrogens is 162 g/mol. The Labute approximate surface area is 80.7 Å². The van der Waals surface area contributed by atoms with Crippen molar-refractivity contribution in [3.8, 4) is 0 Å². The third-order valence-corrected chi connectivity index (χ3v) is 5.13. The number of rotatable bonds is 1. The molecule has 0 aromatic carbocycles. The summed E-state index contributed by atoms with van der Waals surface area (Å²) >= 11 is 0. The molecule has 0 heterocycles. The number of aliphatic hydroxyl groups is 1. The molecular formula is C11H21NO. The molecule has 2 nitrogen and oxygen atoms in total. The molecule has 0 aliphatic heterocycles. The lowest BCUT2D eigenvalue weighted by Crippen LogP contribution is -2.45. The minimum absolute atomic E-state index is 0.130. The standard InChI is InChI=1S/C11H21NO/c1-10(2)7-5-6-11(10,3)9(13)8(7)12-4/h7-9,12-13H,5-6H2,1-4H3/t7?,8?,9?,11-/m0/s1. The summed E-state index contributed by atoms with van der Waals surface area (Å²) in [6, 6.07) is 0.314. The van der Waals surface area contributed by atoms with E-state index in [0.29, 0.717) is 17.4 Å². The highest BCUT2D eigenvalue weighted by atomic mass is 16.3. The van der Waals surface area contributed by atoms with Crippen molar-refractivity contribution in [2.45, 2.75) is 45.8 Å². The van der Waals surface area contributed by atoms with Gasteiger partial charge in [0, 0.05) is 11.5 Å². The van der Waals surface area contributed by atoms with Gasteiger partial charge in [-0.15, -0.1) is 0 Å². The van der Waals surface area contributed by atoms with Crippen LogP contribution in [-0.4, -0.2) is 24.3 Å². The topological polar surface area (TPSA) is 32.3 Å². The van der Waals surface area contributed by atoms with Gasteiger partial charge < -0.3 is 10.4 Å². The van der Waals surface area contributed by atoms with Crippen LogP contribution >= 0.6 is 0 Å². The van der Waals surface area contributed by atoms with E-state index in [0.717, 1.165) is 0 Å². The average Bonchev–Trinajstić information content (AvgIpc) is 2.36. The lowest BCUT2D eigenvalue weighted by atomic mass is 9.70. The van der Waals surface area contributed by atoms with Gasteiger partial charge in [-0.25, -0.2) is 0 Å². The Morgan fingerprint density at radius 1 is 1.31 bits per heavy atom. The molecule has 0 spiro atoms. The maximum atomic E-state index is 10.2. The molecule has 2 N–H and O–H groups in total. The fourth-order valence-electron chi connectivity index (χ4n) is 3.69. The number of aliphatic hydroxyl groups excluding tert-OH is 1. The first-order valence-corrected chi connectivity index (χ1v) is 5.30. The summed E-state index contributed by atoms with van der Waals surface area (Å²) in [5.74, 6) is 0.650. The zero-order valence-electron chi connectivity index (χ0n) is 9.09. The second-order valence-electron chi connectivity index (χ2n) is 5.54. The molecule has 4 atom stereocenters. The van der Waals surface area contributed by atoms with Crippen LogP contribution < -0.4 is 5.32 Å². The van der Waals surface area contributed by atoms with Crippen LogP contribution in [0.1, 0.15) is 33.6 Å². The Balaban J connectivity index is 2.39. The van der Waals surface area contributed by atoms with E-state index >= 15 is 0 Å². The summed E-state index contributed by atoms with van der Waals surface area (Å²) in [6.07, 6.45) is 2.29. The van der Waals surface area contributed by atoms with Crippen molar-refractivity contribution in [3.05, 3.63) is 0 Å². The number of fused-ring (bicyclic) bond motifs is 2. The SMILES string of the molecule is CNC1C2CC[C@@](C)(C1O)C2(C)C. The third kappa shape index (κ3) is 0.861. The Kier molecular flexibility index (Phi) is 1.81. The largest absolute Gasteiger partial charge is 0.391 e. The van der Waals surface area contributed by atoms with Gasteiger partial charge in [-0.2, -0.15) is 0 Å². The van der Waals surface area contributed by atoms with E-state index in [2.05, 4.69) is 26.1 Å². The number of hydrogen-bond donors (Lipinski definition) is 2. The van der Waals surface area contributed by atoms with E-state index in [1.165, 1.54) is 12.8 Å². The first-order valence-electron chi connectivity index (χ1n) is 5.30. The van der Waals surface area contributed by atoms with Crippen molar-refractivity contribution in [3.63, 3.8) is 0 Å². The van der Waals surface area contributed by atoms with Crippen molar-refractivity contribution in [2.24, 2.45) is 16.7 Å². The van der Waals surface area contributed by atoms with Crippen molar-refractivity contribution in [2.75, 3.05) is 7.05 Å². The second-order valence-corrected chi connectivity index (χ2v) is 5.54. The monoisotopic (exact) mass is 183 g/mol. The highest BCUT2D eigenvalue weighted by Gasteiger charge is 2.65. The molecule has 76 valence electrons. The van der Waals surface area contributed by atoms with Crippen LogP contribution in [-0.2, 0) is 0 Å². The number of likely N-dealkylation sites (N-methyl/N-ethyl adjacent to an activating group) is 1. The third-order valence-electron chi connectivity index (χ3n) is 5.13. The molecule has 2 fully saturated rings. The van der Waals surface area contributed by atoms with E-state index < -0.39 is 0 Å². The highest BCUT2D eigenvalue weighted by molar-refractivity contribution is 5.16. The predicted molar refractivity (Wildman–Crippen MR) is 53.5 cm³/mol. The lowest BCUT2D eigenvalue weighted by Gasteiger charge is -2.37. The fraction of sp³-hybridized carbons (Fsp3) is 1.00. The highest BCUT2D eigenvalue weighted by Crippen LogP contribution is 2.65. The summed E-state index contributed by atoms with van der Waals surface area (Å²) in [4.78, 5) is 0. The van der Waals surface area contributed by atoms with Gasteiger partial charge in [0.2, 0.25) is 0 Å². The van der Waals surface area contributed by atoms with Gasteiger partial charge in [0.15, 0.2) is 0 Å². The molecule has 2 heteroatoms. The van der Waals surface area contributed by atoms with E-state index in [4.69, 9.17) is 0 Å². The Hall–Kier alpha value is -0.0800. The van der Waals surface area contributed by atoms with E-state index in [9.17, 15) is 5.11 Å². The van der Waals surface area contributed by atoms with Gasteiger partial charge in [0.05, 0.1) is 6.10 Å². The van der Waals surface area contributed by atoms with Gasteiger partial charge in [0.25, 0.3) is 0 Å². The minimum atomic E-state index is -0.161. The molecule has 0 aromatic heterocycles. The second kappa shape index (κ2) is 2.48. The summed E-state index contributed by atoms with van der Waals surface area (Å²) in [5, 5.41) is 13.5. The van der Waals surface area contributed by atoms with Crippen molar-refractivity contribution >= 4 is 0 Å². The molecule has 2 saturated carbocycles. The Bertz CT molecular complexity index is 226. The summed E-state index contributed by atoms with van der Waals surface area (Å²) in [6.45, 7) is 6.87. The van der Waals surface area contributed by atoms with Crippen molar-refractivity contribution in [1.82, 2.24) is 5.32 Å². The molecule has 2 bridgehead atoms. The first-order chi connectivity index (χ1) is 5.95. The van der Waals surface area contributed by atoms with E-state index in [-0.39, 0.29) is 11.5 Å². The van der Waals surface area contributed by atoms with Gasteiger partial charge in [-0.1, -0.05) is 20.8 Å². The molecule has 2 aliphatic carbocycles. The Morgan fingerprint density at radius 3 is 2.23 bits per heavy atom. The summed E-state index contributed by atoms with van der Waals surface area (Å²) in [5.41, 5.74) is 0.422. The lowest BCUT2D eigenvalue weighted by molar-refractivity contribution is 0.00130. The molecule has 2 aliphatic rings. The van der Waals surface area contributed by atoms with E-state index in [1.54, 1.807) is 0 Å². The van der Waals surface area contributed by atoms with Crippen LogP contribution in [0.5, 0.6) is 0 Å². The summed E-state index contributed by atoms with van der Waals surface area (Å²) < 4.78 is 0. The van der Waals surface area contributed by atoms with Crippen LogP contribution in [0.15, 0.2) is 0 Å². The zero-order chi connectivity index (χ0) is 9.85. The smallest absolute Gasteiger partial charge is 0.0754 e. The maximum Gasteiger partial charge on any atom is 0.0754 e. The van der Waals surface area contributed by atoms with Crippen molar-refractivity contribution in [1.29, 1.82) is 0 Å². The first kappa shape index (κ1) is 9.47. The Morgan fingerprint density at radius 2 is 1.92 bits per heavy atom.